The molecule has 0 saturated carbocycles. The molecule has 1 unspecified atom stereocenters. The highest BCUT2D eigenvalue weighted by atomic mass is 35.5. The summed E-state index contributed by atoms with van der Waals surface area (Å²) >= 11 is 4.66. The SMILES string of the molecule is C[S+]([O-])c1[c]ccc(Cl)c1. The Morgan fingerprint density at radius 3 is 2.80 bits per heavy atom. The number of rotatable bonds is 1. The van der Waals surface area contributed by atoms with Gasteiger partial charge in [0.2, 0.25) is 0 Å². The van der Waals surface area contributed by atoms with Gasteiger partial charge in [-0.25, -0.2) is 0 Å². The summed E-state index contributed by atoms with van der Waals surface area (Å²) in [6, 6.07) is 7.85. The molecule has 0 aromatic heterocycles. The lowest BCUT2D eigenvalue weighted by Crippen LogP contribution is -1.96. The molecule has 0 aliphatic heterocycles. The molecule has 0 spiro atoms. The van der Waals surface area contributed by atoms with Crippen LogP contribution in [0.15, 0.2) is 23.1 Å². The van der Waals surface area contributed by atoms with E-state index in [2.05, 4.69) is 6.07 Å². The third-order valence-corrected chi connectivity index (χ3v) is 2.14. The summed E-state index contributed by atoms with van der Waals surface area (Å²) < 4.78 is 10.8. The fourth-order valence-corrected chi connectivity index (χ4v) is 1.35. The van der Waals surface area contributed by atoms with Crippen LogP contribution < -0.4 is 0 Å². The Kier molecular flexibility index (Phi) is 2.60. The molecule has 1 aromatic rings. The second-order valence-corrected chi connectivity index (χ2v) is 3.61. The Hall–Kier alpha value is -0.180. The second kappa shape index (κ2) is 3.28. The van der Waals surface area contributed by atoms with E-state index in [1.807, 2.05) is 0 Å². The zero-order chi connectivity index (χ0) is 7.56. The molecule has 1 aromatic carbocycles. The molecule has 0 aliphatic carbocycles. The average Bonchev–Trinajstić information content (AvgIpc) is 1.88. The monoisotopic (exact) mass is 173 g/mol. The third kappa shape index (κ3) is 1.90. The fourth-order valence-electron chi connectivity index (χ4n) is 0.584. The summed E-state index contributed by atoms with van der Waals surface area (Å²) in [4.78, 5) is 0.646. The molecule has 0 amide bonds. The van der Waals surface area contributed by atoms with Crippen molar-refractivity contribution in [3.63, 3.8) is 0 Å². The predicted octanol–water partition coefficient (Wildman–Crippen LogP) is 1.88. The molecule has 0 bridgehead atoms. The van der Waals surface area contributed by atoms with E-state index in [0.29, 0.717) is 9.92 Å². The second-order valence-electron chi connectivity index (χ2n) is 1.83. The van der Waals surface area contributed by atoms with Crippen molar-refractivity contribution >= 4 is 22.8 Å². The Labute approximate surface area is 68.2 Å². The minimum atomic E-state index is -0.979. The number of hydrogen-bond donors (Lipinski definition) is 0. The van der Waals surface area contributed by atoms with Crippen molar-refractivity contribution in [1.29, 1.82) is 0 Å². The summed E-state index contributed by atoms with van der Waals surface area (Å²) in [5, 5.41) is 0.601. The Bertz CT molecular complexity index is 225. The first-order valence-electron chi connectivity index (χ1n) is 2.71. The van der Waals surface area contributed by atoms with Crippen LogP contribution in [-0.2, 0) is 11.2 Å². The lowest BCUT2D eigenvalue weighted by molar-refractivity contribution is 0.600. The van der Waals surface area contributed by atoms with Gasteiger partial charge in [-0.3, -0.25) is 0 Å². The normalized spacial score (nSPS) is 13.1. The van der Waals surface area contributed by atoms with Gasteiger partial charge in [-0.15, -0.1) is 0 Å². The molecule has 0 heterocycles. The maximum absolute atomic E-state index is 10.8. The van der Waals surface area contributed by atoms with E-state index in [1.165, 1.54) is 0 Å². The zero-order valence-electron chi connectivity index (χ0n) is 5.43. The van der Waals surface area contributed by atoms with Gasteiger partial charge in [0.05, 0.1) is 0 Å². The van der Waals surface area contributed by atoms with Gasteiger partial charge in [-0.1, -0.05) is 11.6 Å². The van der Waals surface area contributed by atoms with E-state index in [-0.39, 0.29) is 0 Å². The van der Waals surface area contributed by atoms with Crippen molar-refractivity contribution in [1.82, 2.24) is 0 Å². The maximum atomic E-state index is 10.8. The number of benzene rings is 1. The molecule has 53 valence electrons. The molecular weight excluding hydrogens is 168 g/mol. The predicted molar refractivity (Wildman–Crippen MR) is 42.6 cm³/mol. The van der Waals surface area contributed by atoms with Gasteiger partial charge in [-0.05, 0) is 23.3 Å². The summed E-state index contributed by atoms with van der Waals surface area (Å²) in [6.45, 7) is 0. The Balaban J connectivity index is 2.96. The van der Waals surface area contributed by atoms with Gasteiger partial charge in [0.1, 0.15) is 6.26 Å². The lowest BCUT2D eigenvalue weighted by atomic mass is 10.4. The van der Waals surface area contributed by atoms with Crippen molar-refractivity contribution in [2.24, 2.45) is 0 Å². The van der Waals surface area contributed by atoms with Crippen LogP contribution in [0.25, 0.3) is 0 Å². The standard InChI is InChI=1S/C7H6ClOS/c1-10(9)7-4-2-3-6(8)5-7/h2-3,5H,1H3. The average molecular weight is 174 g/mol. The van der Waals surface area contributed by atoms with E-state index in [4.69, 9.17) is 11.6 Å². The minimum absolute atomic E-state index is 0.601. The van der Waals surface area contributed by atoms with Gasteiger partial charge in [0, 0.05) is 17.2 Å². The number of hydrogen-bond acceptors (Lipinski definition) is 1. The van der Waals surface area contributed by atoms with Crippen LogP contribution in [0.3, 0.4) is 0 Å². The topological polar surface area (TPSA) is 23.1 Å². The van der Waals surface area contributed by atoms with Crippen molar-refractivity contribution in [3.05, 3.63) is 29.3 Å². The van der Waals surface area contributed by atoms with E-state index < -0.39 is 11.2 Å². The largest absolute Gasteiger partial charge is 0.612 e. The highest BCUT2D eigenvalue weighted by Crippen LogP contribution is 2.13. The zero-order valence-corrected chi connectivity index (χ0v) is 7.00. The maximum Gasteiger partial charge on any atom is 0.161 e. The highest BCUT2D eigenvalue weighted by molar-refractivity contribution is 7.90. The molecule has 0 fully saturated rings. The van der Waals surface area contributed by atoms with Gasteiger partial charge in [-0.2, -0.15) is 0 Å². The van der Waals surface area contributed by atoms with Gasteiger partial charge in [0.25, 0.3) is 0 Å². The summed E-state index contributed by atoms with van der Waals surface area (Å²) in [7, 11) is 0. The smallest absolute Gasteiger partial charge is 0.161 e. The molecule has 0 aliphatic rings. The summed E-state index contributed by atoms with van der Waals surface area (Å²) in [5.41, 5.74) is 0. The first-order valence-corrected chi connectivity index (χ1v) is 4.64. The molecule has 3 heteroatoms. The van der Waals surface area contributed by atoms with Crippen LogP contribution in [-0.4, -0.2) is 10.8 Å². The van der Waals surface area contributed by atoms with Crippen molar-refractivity contribution in [2.75, 3.05) is 6.26 Å². The van der Waals surface area contributed by atoms with Crippen LogP contribution in [0.5, 0.6) is 0 Å². The van der Waals surface area contributed by atoms with E-state index in [1.54, 1.807) is 24.5 Å². The lowest BCUT2D eigenvalue weighted by Gasteiger charge is -2.01. The molecule has 1 rings (SSSR count). The van der Waals surface area contributed by atoms with Crippen molar-refractivity contribution in [3.8, 4) is 0 Å². The Morgan fingerprint density at radius 2 is 2.40 bits per heavy atom. The van der Waals surface area contributed by atoms with E-state index >= 15 is 0 Å². The molecule has 1 atom stereocenters. The Morgan fingerprint density at radius 1 is 1.70 bits per heavy atom. The summed E-state index contributed by atoms with van der Waals surface area (Å²) in [5.74, 6) is 0. The molecule has 0 N–H and O–H groups in total. The van der Waals surface area contributed by atoms with Crippen LogP contribution in [0.2, 0.25) is 5.02 Å². The van der Waals surface area contributed by atoms with Gasteiger partial charge < -0.3 is 4.55 Å². The fraction of sp³-hybridized carbons (Fsp3) is 0.143. The number of halogens is 1. The summed E-state index contributed by atoms with van der Waals surface area (Å²) in [6.07, 6.45) is 1.60. The van der Waals surface area contributed by atoms with Crippen LogP contribution in [0.4, 0.5) is 0 Å². The van der Waals surface area contributed by atoms with Gasteiger partial charge in [0.15, 0.2) is 4.90 Å². The van der Waals surface area contributed by atoms with Gasteiger partial charge >= 0.3 is 0 Å². The highest BCUT2D eigenvalue weighted by Gasteiger charge is 2.02. The van der Waals surface area contributed by atoms with Crippen molar-refractivity contribution in [2.45, 2.75) is 4.90 Å². The first kappa shape index (κ1) is 7.92. The first-order chi connectivity index (χ1) is 4.70. The van der Waals surface area contributed by atoms with Crippen LogP contribution in [0, 0.1) is 6.07 Å². The molecule has 1 radical (unpaired) electrons. The van der Waals surface area contributed by atoms with E-state index in [0.717, 1.165) is 0 Å². The van der Waals surface area contributed by atoms with Crippen LogP contribution in [0.1, 0.15) is 0 Å². The van der Waals surface area contributed by atoms with Crippen molar-refractivity contribution < 1.29 is 4.55 Å². The minimum Gasteiger partial charge on any atom is -0.612 e. The molecule has 10 heavy (non-hydrogen) atoms. The molecular formula is C7H6ClOS. The van der Waals surface area contributed by atoms with E-state index in [9.17, 15) is 4.55 Å². The third-order valence-electron chi connectivity index (χ3n) is 1.05. The van der Waals surface area contributed by atoms with Crippen LogP contribution >= 0.6 is 11.6 Å². The molecule has 1 nitrogen and oxygen atoms in total. The molecule has 0 saturated heterocycles. The quantitative estimate of drug-likeness (QED) is 0.595.